The van der Waals surface area contributed by atoms with Crippen LogP contribution in [0.4, 0.5) is 9.18 Å². The molecule has 4 heteroatoms. The van der Waals surface area contributed by atoms with E-state index in [9.17, 15) is 9.18 Å². The zero-order chi connectivity index (χ0) is 15.6. The minimum Gasteiger partial charge on any atom is -0.443 e. The van der Waals surface area contributed by atoms with Crippen LogP contribution in [0.1, 0.15) is 37.5 Å². The molecule has 2 aromatic rings. The molecule has 0 unspecified atom stereocenters. The van der Waals surface area contributed by atoms with Gasteiger partial charge in [0.1, 0.15) is 11.4 Å². The van der Waals surface area contributed by atoms with Crippen LogP contribution < -0.4 is 0 Å². The van der Waals surface area contributed by atoms with Crippen molar-refractivity contribution in [3.05, 3.63) is 59.2 Å². The molecule has 0 saturated carbocycles. The van der Waals surface area contributed by atoms with E-state index in [1.807, 2.05) is 33.8 Å². The van der Waals surface area contributed by atoms with Crippen molar-refractivity contribution in [3.63, 3.8) is 0 Å². The van der Waals surface area contributed by atoms with Crippen LogP contribution in [-0.2, 0) is 11.2 Å². The number of hydrogen-bond donors (Lipinski definition) is 0. The van der Waals surface area contributed by atoms with Gasteiger partial charge in [-0.1, -0.05) is 6.07 Å². The summed E-state index contributed by atoms with van der Waals surface area (Å²) in [4.78, 5) is 11.9. The van der Waals surface area contributed by atoms with Crippen LogP contribution in [0.15, 0.2) is 36.7 Å². The first-order chi connectivity index (χ1) is 9.74. The van der Waals surface area contributed by atoms with Crippen molar-refractivity contribution in [2.45, 2.75) is 39.7 Å². The number of rotatable bonds is 2. The summed E-state index contributed by atoms with van der Waals surface area (Å²) < 4.78 is 19.8. The van der Waals surface area contributed by atoms with E-state index < -0.39 is 11.7 Å². The van der Waals surface area contributed by atoms with Crippen molar-refractivity contribution in [1.82, 2.24) is 4.57 Å². The molecule has 112 valence electrons. The van der Waals surface area contributed by atoms with Gasteiger partial charge in [0, 0.05) is 12.4 Å². The van der Waals surface area contributed by atoms with Gasteiger partial charge < -0.3 is 4.74 Å². The third kappa shape index (κ3) is 4.18. The number of ether oxygens (including phenoxy) is 1. The van der Waals surface area contributed by atoms with Crippen LogP contribution in [0.25, 0.3) is 0 Å². The Morgan fingerprint density at radius 2 is 2.00 bits per heavy atom. The SMILES string of the molecule is Cc1cc(F)ccc1Cc1ccn(C(=O)OC(C)(C)C)c1. The summed E-state index contributed by atoms with van der Waals surface area (Å²) >= 11 is 0. The molecule has 0 radical (unpaired) electrons. The molecule has 21 heavy (non-hydrogen) atoms. The van der Waals surface area contributed by atoms with Gasteiger partial charge in [0.15, 0.2) is 0 Å². The molecule has 2 rings (SSSR count). The van der Waals surface area contributed by atoms with Crippen molar-refractivity contribution < 1.29 is 13.9 Å². The summed E-state index contributed by atoms with van der Waals surface area (Å²) in [5.74, 6) is -0.234. The molecule has 0 saturated heterocycles. The van der Waals surface area contributed by atoms with Crippen LogP contribution in [-0.4, -0.2) is 16.3 Å². The largest absolute Gasteiger partial charge is 0.443 e. The third-order valence-corrected chi connectivity index (χ3v) is 3.06. The van der Waals surface area contributed by atoms with Crippen LogP contribution in [0.2, 0.25) is 0 Å². The molecule has 1 aromatic carbocycles. The zero-order valence-corrected chi connectivity index (χ0v) is 12.8. The van der Waals surface area contributed by atoms with E-state index in [1.54, 1.807) is 18.5 Å². The summed E-state index contributed by atoms with van der Waals surface area (Å²) in [6.07, 6.45) is 3.69. The van der Waals surface area contributed by atoms with Crippen molar-refractivity contribution in [1.29, 1.82) is 0 Å². The summed E-state index contributed by atoms with van der Waals surface area (Å²) in [6.45, 7) is 7.37. The number of carbonyl (C=O) groups is 1. The zero-order valence-electron chi connectivity index (χ0n) is 12.8. The Morgan fingerprint density at radius 1 is 1.29 bits per heavy atom. The summed E-state index contributed by atoms with van der Waals surface area (Å²) in [6, 6.07) is 6.61. The smallest absolute Gasteiger partial charge is 0.418 e. The predicted molar refractivity (Wildman–Crippen MR) is 80.0 cm³/mol. The first-order valence-corrected chi connectivity index (χ1v) is 6.90. The lowest BCUT2D eigenvalue weighted by Crippen LogP contribution is -2.26. The van der Waals surface area contributed by atoms with Gasteiger partial charge in [-0.25, -0.2) is 9.18 Å². The summed E-state index contributed by atoms with van der Waals surface area (Å²) in [7, 11) is 0. The maximum Gasteiger partial charge on any atom is 0.418 e. The highest BCUT2D eigenvalue weighted by atomic mass is 19.1. The van der Waals surface area contributed by atoms with E-state index >= 15 is 0 Å². The average Bonchev–Trinajstić information content (AvgIpc) is 2.79. The molecule has 1 aromatic heterocycles. The fraction of sp³-hybridized carbons (Fsp3) is 0.353. The molecule has 0 N–H and O–H groups in total. The van der Waals surface area contributed by atoms with Crippen LogP contribution in [0, 0.1) is 12.7 Å². The number of aromatic nitrogens is 1. The van der Waals surface area contributed by atoms with Crippen molar-refractivity contribution in [2.24, 2.45) is 0 Å². The molecule has 0 amide bonds. The quantitative estimate of drug-likeness (QED) is 0.825. The molecule has 0 aliphatic rings. The van der Waals surface area contributed by atoms with Gasteiger partial charge in [-0.05, 0) is 69.0 Å². The highest BCUT2D eigenvalue weighted by Gasteiger charge is 2.17. The molecule has 3 nitrogen and oxygen atoms in total. The second-order valence-electron chi connectivity index (χ2n) is 6.15. The Bertz CT molecular complexity index is 653. The van der Waals surface area contributed by atoms with Gasteiger partial charge in [0.05, 0.1) is 0 Å². The first kappa shape index (κ1) is 15.3. The Balaban J connectivity index is 2.11. The van der Waals surface area contributed by atoms with Crippen LogP contribution >= 0.6 is 0 Å². The fourth-order valence-corrected chi connectivity index (χ4v) is 2.05. The molecule has 0 bridgehead atoms. The number of aryl methyl sites for hydroxylation is 1. The normalized spacial score (nSPS) is 11.5. The molecular weight excluding hydrogens is 269 g/mol. The molecule has 0 atom stereocenters. The lowest BCUT2D eigenvalue weighted by atomic mass is 10.0. The monoisotopic (exact) mass is 289 g/mol. The van der Waals surface area contributed by atoms with Crippen molar-refractivity contribution in [2.75, 3.05) is 0 Å². The van der Waals surface area contributed by atoms with Gasteiger partial charge in [0.2, 0.25) is 0 Å². The first-order valence-electron chi connectivity index (χ1n) is 6.90. The lowest BCUT2D eigenvalue weighted by Gasteiger charge is -2.19. The minimum atomic E-state index is -0.519. The van der Waals surface area contributed by atoms with Gasteiger partial charge in [0.25, 0.3) is 0 Å². The highest BCUT2D eigenvalue weighted by Crippen LogP contribution is 2.16. The van der Waals surface area contributed by atoms with E-state index in [0.717, 1.165) is 16.7 Å². The number of nitrogens with zero attached hydrogens (tertiary/aromatic N) is 1. The Labute approximate surface area is 124 Å². The molecular formula is C17H20FNO2. The van der Waals surface area contributed by atoms with E-state index in [-0.39, 0.29) is 5.82 Å². The number of hydrogen-bond acceptors (Lipinski definition) is 2. The Kier molecular flexibility index (Phi) is 4.16. The predicted octanol–water partition coefficient (Wildman–Crippen LogP) is 4.31. The van der Waals surface area contributed by atoms with Gasteiger partial charge in [-0.15, -0.1) is 0 Å². The summed E-state index contributed by atoms with van der Waals surface area (Å²) in [5, 5.41) is 0. The molecule has 1 heterocycles. The number of carbonyl (C=O) groups excluding carboxylic acids is 1. The van der Waals surface area contributed by atoms with Crippen molar-refractivity contribution >= 4 is 6.09 Å². The second-order valence-corrected chi connectivity index (χ2v) is 6.15. The van der Waals surface area contributed by atoms with Gasteiger partial charge in [-0.2, -0.15) is 0 Å². The van der Waals surface area contributed by atoms with E-state index in [4.69, 9.17) is 4.74 Å². The standard InChI is InChI=1S/C17H20FNO2/c1-12-9-15(18)6-5-14(12)10-13-7-8-19(11-13)16(20)21-17(2,3)4/h5-9,11H,10H2,1-4H3. The fourth-order valence-electron chi connectivity index (χ4n) is 2.05. The molecule has 0 aliphatic carbocycles. The number of benzene rings is 1. The molecule has 0 fully saturated rings. The molecule has 0 spiro atoms. The van der Waals surface area contributed by atoms with E-state index in [1.165, 1.54) is 16.7 Å². The van der Waals surface area contributed by atoms with Gasteiger partial charge >= 0.3 is 6.09 Å². The van der Waals surface area contributed by atoms with Crippen LogP contribution in [0.5, 0.6) is 0 Å². The third-order valence-electron chi connectivity index (χ3n) is 3.06. The van der Waals surface area contributed by atoms with Crippen molar-refractivity contribution in [3.8, 4) is 0 Å². The minimum absolute atomic E-state index is 0.234. The topological polar surface area (TPSA) is 31.2 Å². The van der Waals surface area contributed by atoms with E-state index in [2.05, 4.69) is 0 Å². The maximum absolute atomic E-state index is 13.1. The maximum atomic E-state index is 13.1. The van der Waals surface area contributed by atoms with Gasteiger partial charge in [-0.3, -0.25) is 4.57 Å². The number of halogens is 1. The Hall–Kier alpha value is -2.10. The average molecular weight is 289 g/mol. The summed E-state index contributed by atoms with van der Waals surface area (Å²) in [5.41, 5.74) is 2.41. The highest BCUT2D eigenvalue weighted by molar-refractivity contribution is 5.71. The lowest BCUT2D eigenvalue weighted by molar-refractivity contribution is 0.0537. The Morgan fingerprint density at radius 3 is 2.62 bits per heavy atom. The van der Waals surface area contributed by atoms with Crippen LogP contribution in [0.3, 0.4) is 0 Å². The second kappa shape index (κ2) is 5.72. The van der Waals surface area contributed by atoms with E-state index in [0.29, 0.717) is 6.42 Å². The molecule has 0 aliphatic heterocycles.